The maximum Gasteiger partial charge on any atom is 0.243 e. The molecule has 0 aliphatic rings. The van der Waals surface area contributed by atoms with Crippen molar-refractivity contribution in [3.63, 3.8) is 0 Å². The Morgan fingerprint density at radius 2 is 0.854 bits per heavy atom. The minimum Gasteiger partial charge on any atom is -0.375 e. The Kier molecular flexibility index (Phi) is 48.2. The quantitative estimate of drug-likeness (QED) is 0.0323. The first-order chi connectivity index (χ1) is 42.3. The summed E-state index contributed by atoms with van der Waals surface area (Å²) in [7, 11) is 7.44. The standard InChI is InChI=1S/C67H135N13O9/c1-15-52(36-45-76-58(81)50(4)30-19-25-40-70-11)48-57(80-60(83)53(69)32-21-27-42-72-13)64(87)79-56(63(86)77-46-37-65(6,7)88-47-38-66(8,9)89-49-67(10,16-2)17-3)35-23-29-44-75-62(85)55(78-59(82)51(5)31-20-26-41-71-12)34-22-28-43-74-61(84)54(73-14)33-18-24-39-68/h50-57,70-73H,15-49,68-69H2,1-14H3,(H,74,84)(H,75,85)(H,76,81)(H,77,86)(H,78,82)(H,79,87)(H,80,83). The van der Waals surface area contributed by atoms with Gasteiger partial charge in [0.05, 0.1) is 36.5 Å². The van der Waals surface area contributed by atoms with Crippen LogP contribution in [0.15, 0.2) is 0 Å². The van der Waals surface area contributed by atoms with Crippen LogP contribution in [0, 0.1) is 23.2 Å². The van der Waals surface area contributed by atoms with E-state index in [-0.39, 0.29) is 84.4 Å². The van der Waals surface area contributed by atoms with Crippen LogP contribution in [-0.4, -0.2) is 177 Å². The van der Waals surface area contributed by atoms with E-state index < -0.39 is 47.5 Å². The van der Waals surface area contributed by atoms with Crippen LogP contribution in [0.4, 0.5) is 0 Å². The highest BCUT2D eigenvalue weighted by Gasteiger charge is 2.32. The van der Waals surface area contributed by atoms with Crippen LogP contribution >= 0.6 is 0 Å². The van der Waals surface area contributed by atoms with Gasteiger partial charge in [-0.15, -0.1) is 0 Å². The number of nitrogens with one attached hydrogen (secondary N) is 11. The summed E-state index contributed by atoms with van der Waals surface area (Å²) in [6.07, 6.45) is 16.9. The van der Waals surface area contributed by atoms with Gasteiger partial charge in [0, 0.05) is 38.0 Å². The zero-order valence-electron chi connectivity index (χ0n) is 58.7. The first-order valence-corrected chi connectivity index (χ1v) is 34.7. The van der Waals surface area contributed by atoms with E-state index >= 15 is 0 Å². The molecule has 89 heavy (non-hydrogen) atoms. The molecule has 0 radical (unpaired) electrons. The van der Waals surface area contributed by atoms with Crippen LogP contribution < -0.4 is 70.0 Å². The van der Waals surface area contributed by atoms with E-state index in [2.05, 4.69) is 93.1 Å². The molecule has 0 rings (SSSR count). The molecule has 0 aromatic heterocycles. The van der Waals surface area contributed by atoms with Crippen molar-refractivity contribution in [1.29, 1.82) is 0 Å². The second kappa shape index (κ2) is 50.5. The van der Waals surface area contributed by atoms with Gasteiger partial charge in [-0.05, 0) is 222 Å². The molecule has 0 aliphatic heterocycles. The lowest BCUT2D eigenvalue weighted by atomic mass is 9.85. The van der Waals surface area contributed by atoms with E-state index in [4.69, 9.17) is 20.9 Å². The normalized spacial score (nSPS) is 14.7. The van der Waals surface area contributed by atoms with Crippen LogP contribution in [0.1, 0.15) is 230 Å². The van der Waals surface area contributed by atoms with E-state index in [1.165, 1.54) is 0 Å². The molecule has 0 aromatic rings. The molecule has 15 N–H and O–H groups in total. The van der Waals surface area contributed by atoms with Gasteiger partial charge in [-0.3, -0.25) is 33.6 Å². The summed E-state index contributed by atoms with van der Waals surface area (Å²) in [5.74, 6) is -2.47. The molecule has 0 bridgehead atoms. The lowest BCUT2D eigenvalue weighted by Gasteiger charge is -2.34. The predicted molar refractivity (Wildman–Crippen MR) is 362 cm³/mol. The lowest BCUT2D eigenvalue weighted by molar-refractivity contribution is -0.133. The van der Waals surface area contributed by atoms with Crippen LogP contribution in [0.5, 0.6) is 0 Å². The molecular weight excluding hydrogens is 1130 g/mol. The molecular formula is C67H135N13O9. The van der Waals surface area contributed by atoms with Gasteiger partial charge in [-0.25, -0.2) is 0 Å². The summed E-state index contributed by atoms with van der Waals surface area (Å²) in [6.45, 7) is 26.2. The molecule has 22 nitrogen and oxygen atoms in total. The average molecular weight is 1270 g/mol. The molecule has 22 heteroatoms. The van der Waals surface area contributed by atoms with Crippen molar-refractivity contribution < 1.29 is 43.0 Å². The zero-order chi connectivity index (χ0) is 67.1. The molecule has 522 valence electrons. The monoisotopic (exact) mass is 1270 g/mol. The third-order valence-electron chi connectivity index (χ3n) is 17.7. The second-order valence-corrected chi connectivity index (χ2v) is 26.6. The molecule has 0 aromatic carbocycles. The van der Waals surface area contributed by atoms with Gasteiger partial charge >= 0.3 is 0 Å². The summed E-state index contributed by atoms with van der Waals surface area (Å²) in [4.78, 5) is 96.3. The molecule has 0 saturated carbocycles. The van der Waals surface area contributed by atoms with Crippen molar-refractivity contribution in [3.05, 3.63) is 0 Å². The molecule has 0 spiro atoms. The van der Waals surface area contributed by atoms with E-state index in [1.54, 1.807) is 7.05 Å². The topological polar surface area (TPSA) is 322 Å². The summed E-state index contributed by atoms with van der Waals surface area (Å²) >= 11 is 0. The van der Waals surface area contributed by atoms with Gasteiger partial charge in [-0.2, -0.15) is 0 Å². The van der Waals surface area contributed by atoms with Gasteiger partial charge < -0.3 is 79.4 Å². The largest absolute Gasteiger partial charge is 0.375 e. The van der Waals surface area contributed by atoms with Crippen LogP contribution in [0.25, 0.3) is 0 Å². The first-order valence-electron chi connectivity index (χ1n) is 34.7. The Balaban J connectivity index is 6.57. The molecule has 7 amide bonds. The lowest BCUT2D eigenvalue weighted by Crippen LogP contribution is -2.56. The Labute approximate surface area is 540 Å². The molecule has 0 saturated heterocycles. The van der Waals surface area contributed by atoms with Crippen LogP contribution in [0.2, 0.25) is 0 Å². The van der Waals surface area contributed by atoms with Crippen molar-refractivity contribution in [2.24, 2.45) is 34.6 Å². The van der Waals surface area contributed by atoms with Crippen molar-refractivity contribution in [2.75, 3.05) is 93.8 Å². The second-order valence-electron chi connectivity index (χ2n) is 26.6. The van der Waals surface area contributed by atoms with Crippen LogP contribution in [-0.2, 0) is 43.0 Å². The number of likely N-dealkylation sites (N-methyl/N-ethyl adjacent to an activating group) is 1. The van der Waals surface area contributed by atoms with Gasteiger partial charge in [0.1, 0.15) is 18.1 Å². The number of carbonyl (C=O) groups is 7. The SMILES string of the molecule is CCC(CCNC(=O)C(C)CCCCNC)CC(NC(=O)C(N)CCCCNC)C(=O)NC(CCCCNC(=O)C(CCCCNC(=O)C(CCCCN)NC)NC(=O)C(C)CCCCNC)C(=O)NCCC(C)(C)OCCC(C)(C)OCC(C)(CC)CC. The molecule has 8 unspecified atom stereocenters. The third kappa shape index (κ3) is 41.2. The summed E-state index contributed by atoms with van der Waals surface area (Å²) in [5, 5.41) is 33.7. The maximum atomic E-state index is 14.7. The van der Waals surface area contributed by atoms with Gasteiger partial charge in [0.2, 0.25) is 41.4 Å². The van der Waals surface area contributed by atoms with Crippen molar-refractivity contribution >= 4 is 41.4 Å². The highest BCUT2D eigenvalue weighted by molar-refractivity contribution is 5.93. The van der Waals surface area contributed by atoms with Crippen molar-refractivity contribution in [2.45, 2.75) is 271 Å². The fourth-order valence-electron chi connectivity index (χ4n) is 10.3. The van der Waals surface area contributed by atoms with E-state index in [0.29, 0.717) is 116 Å². The number of hydrogen-bond acceptors (Lipinski definition) is 15. The minimum atomic E-state index is -1.03. The van der Waals surface area contributed by atoms with E-state index in [9.17, 15) is 33.6 Å². The van der Waals surface area contributed by atoms with E-state index in [0.717, 1.165) is 83.8 Å². The smallest absolute Gasteiger partial charge is 0.243 e. The Bertz CT molecular complexity index is 1910. The minimum absolute atomic E-state index is 0.0130. The average Bonchev–Trinajstić information content (AvgIpc) is 3.66. The van der Waals surface area contributed by atoms with E-state index in [1.807, 2.05) is 55.8 Å². The fourth-order valence-corrected chi connectivity index (χ4v) is 10.3. The summed E-state index contributed by atoms with van der Waals surface area (Å²) in [5.41, 5.74) is 11.2. The molecule has 0 fully saturated rings. The number of ether oxygens (including phenoxy) is 2. The number of unbranched alkanes of at least 4 members (excludes halogenated alkanes) is 6. The van der Waals surface area contributed by atoms with Crippen LogP contribution in [0.3, 0.4) is 0 Å². The van der Waals surface area contributed by atoms with Gasteiger partial charge in [0.15, 0.2) is 0 Å². The van der Waals surface area contributed by atoms with Crippen molar-refractivity contribution in [3.8, 4) is 0 Å². The molecule has 0 heterocycles. The predicted octanol–water partition coefficient (Wildman–Crippen LogP) is 5.74. The molecule has 0 aliphatic carbocycles. The van der Waals surface area contributed by atoms with Gasteiger partial charge in [0.25, 0.3) is 0 Å². The zero-order valence-corrected chi connectivity index (χ0v) is 58.7. The highest BCUT2D eigenvalue weighted by Crippen LogP contribution is 2.29. The Hall–Kier alpha value is -4.03. The summed E-state index contributed by atoms with van der Waals surface area (Å²) < 4.78 is 12.8. The number of carbonyl (C=O) groups excluding carboxylic acids is 7. The number of rotatable bonds is 58. The fraction of sp³-hybridized carbons (Fsp3) is 0.896. The maximum absolute atomic E-state index is 14.7. The van der Waals surface area contributed by atoms with Gasteiger partial charge in [-0.1, -0.05) is 73.6 Å². The Morgan fingerprint density at radius 3 is 1.36 bits per heavy atom. The molecule has 8 atom stereocenters. The number of nitrogens with two attached hydrogens (primary N) is 2. The Morgan fingerprint density at radius 1 is 0.427 bits per heavy atom. The number of amides is 7. The summed E-state index contributed by atoms with van der Waals surface area (Å²) in [6, 6.07) is -4.00. The third-order valence-corrected chi connectivity index (χ3v) is 17.7. The highest BCUT2D eigenvalue weighted by atomic mass is 16.5. The number of hydrogen-bond donors (Lipinski definition) is 13. The van der Waals surface area contributed by atoms with Crippen molar-refractivity contribution in [1.82, 2.24) is 58.5 Å². The first kappa shape index (κ1) is 85.0.